The van der Waals surface area contributed by atoms with Crippen LogP contribution in [0.2, 0.25) is 0 Å². The molecule has 0 spiro atoms. The first-order chi connectivity index (χ1) is 9.15. The maximum atomic E-state index is 10.2. The van der Waals surface area contributed by atoms with Gasteiger partial charge in [0.25, 0.3) is 0 Å². The smallest absolute Gasteiger partial charge is 0.0802 e. The predicted octanol–water partition coefficient (Wildman–Crippen LogP) is 2.98. The fraction of sp³-hybridized carbons (Fsp3) is 0.600. The lowest BCUT2D eigenvalue weighted by atomic mass is 10.1. The van der Waals surface area contributed by atoms with Gasteiger partial charge in [0.1, 0.15) is 0 Å². The Hall–Kier alpha value is -0.420. The second-order valence-electron chi connectivity index (χ2n) is 5.19. The van der Waals surface area contributed by atoms with E-state index < -0.39 is 0 Å². The first-order valence-electron chi connectivity index (χ1n) is 6.92. The van der Waals surface area contributed by atoms with Crippen molar-refractivity contribution in [1.82, 2.24) is 4.90 Å². The fourth-order valence-corrected chi connectivity index (χ4v) is 2.70. The second kappa shape index (κ2) is 7.39. The van der Waals surface area contributed by atoms with Gasteiger partial charge in [0.05, 0.1) is 12.2 Å². The molecule has 1 aliphatic heterocycles. The van der Waals surface area contributed by atoms with Gasteiger partial charge in [-0.15, -0.1) is 0 Å². The molecule has 1 aliphatic rings. The highest BCUT2D eigenvalue weighted by atomic mass is 79.9. The summed E-state index contributed by atoms with van der Waals surface area (Å²) in [7, 11) is 0. The molecule has 3 nitrogen and oxygen atoms in total. The number of benzene rings is 1. The molecule has 1 fully saturated rings. The fourth-order valence-electron chi connectivity index (χ4n) is 2.44. The molecular weight excluding hydrogens is 306 g/mol. The van der Waals surface area contributed by atoms with Crippen molar-refractivity contribution in [2.75, 3.05) is 26.2 Å². The topological polar surface area (TPSA) is 32.7 Å². The SMILES string of the molecule is CC1CN(CCC(O)c2ccc(Br)cc2)CCCO1. The van der Waals surface area contributed by atoms with Crippen molar-refractivity contribution in [1.29, 1.82) is 0 Å². The third-order valence-corrected chi connectivity index (χ3v) is 4.04. The number of halogens is 1. The number of nitrogens with zero attached hydrogens (tertiary/aromatic N) is 1. The van der Waals surface area contributed by atoms with Crippen LogP contribution in [0.25, 0.3) is 0 Å². The van der Waals surface area contributed by atoms with Crippen molar-refractivity contribution in [3.8, 4) is 0 Å². The van der Waals surface area contributed by atoms with Gasteiger partial charge in [0.2, 0.25) is 0 Å². The zero-order valence-electron chi connectivity index (χ0n) is 11.4. The number of aliphatic hydroxyl groups excluding tert-OH is 1. The van der Waals surface area contributed by atoms with Crippen LogP contribution in [-0.2, 0) is 4.74 Å². The molecule has 2 rings (SSSR count). The van der Waals surface area contributed by atoms with Gasteiger partial charge >= 0.3 is 0 Å². The van der Waals surface area contributed by atoms with E-state index >= 15 is 0 Å². The van der Waals surface area contributed by atoms with Crippen molar-refractivity contribution in [3.05, 3.63) is 34.3 Å². The number of rotatable bonds is 4. The average Bonchev–Trinajstić information content (AvgIpc) is 2.61. The summed E-state index contributed by atoms with van der Waals surface area (Å²) in [6.07, 6.45) is 1.77. The summed E-state index contributed by atoms with van der Waals surface area (Å²) in [6, 6.07) is 7.90. The Morgan fingerprint density at radius 1 is 1.42 bits per heavy atom. The molecule has 0 bridgehead atoms. The second-order valence-corrected chi connectivity index (χ2v) is 6.11. The number of ether oxygens (including phenoxy) is 1. The normalized spacial score (nSPS) is 23.0. The molecule has 0 saturated carbocycles. The standard InChI is InChI=1S/C15H22BrNO2/c1-12-11-17(8-2-10-19-12)9-7-15(18)13-3-5-14(16)6-4-13/h3-6,12,15,18H,2,7-11H2,1H3. The van der Waals surface area contributed by atoms with E-state index in [9.17, 15) is 5.11 Å². The Bertz CT molecular complexity index is 382. The maximum absolute atomic E-state index is 10.2. The Kier molecular flexibility index (Phi) is 5.82. The van der Waals surface area contributed by atoms with Crippen molar-refractivity contribution >= 4 is 15.9 Å². The highest BCUT2D eigenvalue weighted by Gasteiger charge is 2.16. The Labute approximate surface area is 123 Å². The summed E-state index contributed by atoms with van der Waals surface area (Å²) >= 11 is 3.41. The highest BCUT2D eigenvalue weighted by Crippen LogP contribution is 2.20. The lowest BCUT2D eigenvalue weighted by molar-refractivity contribution is 0.0644. The van der Waals surface area contributed by atoms with Crippen LogP contribution >= 0.6 is 15.9 Å². The third-order valence-electron chi connectivity index (χ3n) is 3.51. The number of hydrogen-bond acceptors (Lipinski definition) is 3. The average molecular weight is 328 g/mol. The quantitative estimate of drug-likeness (QED) is 0.922. The zero-order chi connectivity index (χ0) is 13.7. The van der Waals surface area contributed by atoms with E-state index in [1.54, 1.807) is 0 Å². The van der Waals surface area contributed by atoms with Gasteiger partial charge in [-0.2, -0.15) is 0 Å². The summed E-state index contributed by atoms with van der Waals surface area (Å²) in [4.78, 5) is 2.39. The lowest BCUT2D eigenvalue weighted by Gasteiger charge is -2.23. The molecule has 2 atom stereocenters. The van der Waals surface area contributed by atoms with Crippen molar-refractivity contribution in [2.24, 2.45) is 0 Å². The van der Waals surface area contributed by atoms with Gasteiger partial charge in [0, 0.05) is 30.7 Å². The van der Waals surface area contributed by atoms with E-state index in [1.807, 2.05) is 24.3 Å². The van der Waals surface area contributed by atoms with Gasteiger partial charge in [0.15, 0.2) is 0 Å². The largest absolute Gasteiger partial charge is 0.388 e. The molecule has 0 radical (unpaired) electrons. The Morgan fingerprint density at radius 2 is 2.16 bits per heavy atom. The van der Waals surface area contributed by atoms with E-state index in [0.717, 1.165) is 49.1 Å². The van der Waals surface area contributed by atoms with E-state index in [2.05, 4.69) is 27.8 Å². The summed E-state index contributed by atoms with van der Waals surface area (Å²) in [5.74, 6) is 0. The van der Waals surface area contributed by atoms with Gasteiger partial charge in [-0.25, -0.2) is 0 Å². The van der Waals surface area contributed by atoms with Crippen LogP contribution in [0, 0.1) is 0 Å². The van der Waals surface area contributed by atoms with Crippen molar-refractivity contribution in [2.45, 2.75) is 32.0 Å². The summed E-state index contributed by atoms with van der Waals surface area (Å²) < 4.78 is 6.67. The molecule has 4 heteroatoms. The first kappa shape index (κ1) is 15.0. The van der Waals surface area contributed by atoms with E-state index in [1.165, 1.54) is 0 Å². The molecule has 1 heterocycles. The van der Waals surface area contributed by atoms with Crippen LogP contribution in [0.3, 0.4) is 0 Å². The molecule has 1 aromatic rings. The molecule has 1 saturated heterocycles. The molecule has 19 heavy (non-hydrogen) atoms. The van der Waals surface area contributed by atoms with Crippen LogP contribution in [0.5, 0.6) is 0 Å². The van der Waals surface area contributed by atoms with Crippen molar-refractivity contribution in [3.63, 3.8) is 0 Å². The molecule has 1 aromatic carbocycles. The minimum Gasteiger partial charge on any atom is -0.388 e. The van der Waals surface area contributed by atoms with Gasteiger partial charge in [-0.3, -0.25) is 0 Å². The summed E-state index contributed by atoms with van der Waals surface area (Å²) in [6.45, 7) is 5.92. The van der Waals surface area contributed by atoms with Gasteiger partial charge in [-0.1, -0.05) is 28.1 Å². The molecule has 1 N–H and O–H groups in total. The van der Waals surface area contributed by atoms with E-state index in [-0.39, 0.29) is 6.10 Å². The molecule has 2 unspecified atom stereocenters. The number of hydrogen-bond donors (Lipinski definition) is 1. The molecular formula is C15H22BrNO2. The van der Waals surface area contributed by atoms with Crippen molar-refractivity contribution < 1.29 is 9.84 Å². The van der Waals surface area contributed by atoms with Gasteiger partial charge in [-0.05, 0) is 37.5 Å². The molecule has 106 valence electrons. The third kappa shape index (κ3) is 4.88. The van der Waals surface area contributed by atoms with E-state index in [4.69, 9.17) is 4.74 Å². The highest BCUT2D eigenvalue weighted by molar-refractivity contribution is 9.10. The number of aliphatic hydroxyl groups is 1. The van der Waals surface area contributed by atoms with Crippen LogP contribution in [0.4, 0.5) is 0 Å². The van der Waals surface area contributed by atoms with E-state index in [0.29, 0.717) is 6.10 Å². The summed E-state index contributed by atoms with van der Waals surface area (Å²) in [5, 5.41) is 10.2. The molecule has 0 aromatic heterocycles. The van der Waals surface area contributed by atoms with Gasteiger partial charge < -0.3 is 14.7 Å². The minimum absolute atomic E-state index is 0.298. The maximum Gasteiger partial charge on any atom is 0.0802 e. The van der Waals surface area contributed by atoms with Crippen LogP contribution < -0.4 is 0 Å². The van der Waals surface area contributed by atoms with Crippen LogP contribution in [-0.4, -0.2) is 42.4 Å². The van der Waals surface area contributed by atoms with Crippen LogP contribution in [0.15, 0.2) is 28.7 Å². The molecule has 0 aliphatic carbocycles. The first-order valence-corrected chi connectivity index (χ1v) is 7.72. The minimum atomic E-state index is -0.382. The predicted molar refractivity (Wildman–Crippen MR) is 80.2 cm³/mol. The Morgan fingerprint density at radius 3 is 2.89 bits per heavy atom. The Balaban J connectivity index is 1.82. The van der Waals surface area contributed by atoms with Crippen LogP contribution in [0.1, 0.15) is 31.4 Å². The summed E-state index contributed by atoms with van der Waals surface area (Å²) in [5.41, 5.74) is 0.988. The monoisotopic (exact) mass is 327 g/mol. The lowest BCUT2D eigenvalue weighted by Crippen LogP contribution is -2.31. The zero-order valence-corrected chi connectivity index (χ0v) is 13.0. The molecule has 0 amide bonds.